The number of aryl methyl sites for hydroxylation is 2. The van der Waals surface area contributed by atoms with Crippen molar-refractivity contribution in [2.24, 2.45) is 0 Å². The number of aromatic nitrogens is 2. The van der Waals surface area contributed by atoms with Gasteiger partial charge in [0.25, 0.3) is 5.91 Å². The summed E-state index contributed by atoms with van der Waals surface area (Å²) in [6, 6.07) is 19.3. The molecule has 0 unspecified atom stereocenters. The second kappa shape index (κ2) is 6.67. The number of amides is 1. The van der Waals surface area contributed by atoms with Crippen molar-refractivity contribution >= 4 is 17.3 Å². The number of fused-ring (bicyclic) bond motifs is 1. The molecule has 2 N–H and O–H groups in total. The van der Waals surface area contributed by atoms with E-state index in [9.17, 15) is 4.79 Å². The van der Waals surface area contributed by atoms with E-state index in [1.807, 2.05) is 74.5 Å². The Balaban J connectivity index is 1.67. The molecular weight excluding hydrogens is 364 g/mol. The van der Waals surface area contributed by atoms with Crippen LogP contribution < -0.4 is 10.2 Å². The molecule has 6 heteroatoms. The SMILES string of the molecule is Cc1ccc(N2C(=O)c3ccccc3N[C@H]2c2cn[nH]c2-c2ccc(C)o2)cc1. The van der Waals surface area contributed by atoms with Gasteiger partial charge in [-0.15, -0.1) is 0 Å². The molecular formula is C23H20N4O2. The highest BCUT2D eigenvalue weighted by atomic mass is 16.3. The van der Waals surface area contributed by atoms with E-state index in [-0.39, 0.29) is 5.91 Å². The minimum atomic E-state index is -0.431. The second-order valence-corrected chi connectivity index (χ2v) is 7.21. The predicted molar refractivity (Wildman–Crippen MR) is 112 cm³/mol. The van der Waals surface area contributed by atoms with E-state index in [1.54, 1.807) is 11.1 Å². The molecule has 0 spiro atoms. The number of anilines is 2. The fourth-order valence-corrected chi connectivity index (χ4v) is 3.71. The number of para-hydroxylation sites is 1. The maximum Gasteiger partial charge on any atom is 0.262 e. The summed E-state index contributed by atoms with van der Waals surface area (Å²) in [5, 5.41) is 10.8. The van der Waals surface area contributed by atoms with Crippen LogP contribution in [0.2, 0.25) is 0 Å². The summed E-state index contributed by atoms with van der Waals surface area (Å²) in [4.78, 5) is 15.3. The Hall–Kier alpha value is -3.80. The van der Waals surface area contributed by atoms with Gasteiger partial charge < -0.3 is 9.73 Å². The predicted octanol–water partition coefficient (Wildman–Crippen LogP) is 5.06. The molecule has 4 aromatic rings. The largest absolute Gasteiger partial charge is 0.460 e. The number of hydrogen-bond donors (Lipinski definition) is 2. The fourth-order valence-electron chi connectivity index (χ4n) is 3.71. The summed E-state index contributed by atoms with van der Waals surface area (Å²) in [7, 11) is 0. The van der Waals surface area contributed by atoms with Crippen LogP contribution in [-0.2, 0) is 0 Å². The number of carbonyl (C=O) groups excluding carboxylic acids is 1. The molecule has 1 atom stereocenters. The van der Waals surface area contributed by atoms with E-state index in [4.69, 9.17) is 4.42 Å². The molecule has 2 aromatic carbocycles. The number of nitrogens with zero attached hydrogens (tertiary/aromatic N) is 2. The highest BCUT2D eigenvalue weighted by Crippen LogP contribution is 2.39. The third-order valence-electron chi connectivity index (χ3n) is 5.19. The summed E-state index contributed by atoms with van der Waals surface area (Å²) in [6.45, 7) is 3.93. The Morgan fingerprint density at radius 2 is 1.79 bits per heavy atom. The van der Waals surface area contributed by atoms with Crippen LogP contribution in [-0.4, -0.2) is 16.1 Å². The first kappa shape index (κ1) is 17.3. The van der Waals surface area contributed by atoms with Crippen LogP contribution in [0.5, 0.6) is 0 Å². The quantitative estimate of drug-likeness (QED) is 0.518. The molecule has 2 aromatic heterocycles. The lowest BCUT2D eigenvalue weighted by Crippen LogP contribution is -2.43. The molecule has 29 heavy (non-hydrogen) atoms. The number of H-pyrrole nitrogens is 1. The van der Waals surface area contributed by atoms with E-state index in [2.05, 4.69) is 15.5 Å². The van der Waals surface area contributed by atoms with Crippen molar-refractivity contribution in [3.8, 4) is 11.5 Å². The van der Waals surface area contributed by atoms with Crippen molar-refractivity contribution in [2.75, 3.05) is 10.2 Å². The zero-order valence-corrected chi connectivity index (χ0v) is 16.1. The summed E-state index contributed by atoms with van der Waals surface area (Å²) in [5.74, 6) is 1.44. The molecule has 0 saturated heterocycles. The lowest BCUT2D eigenvalue weighted by atomic mass is 10.0. The van der Waals surface area contributed by atoms with Crippen LogP contribution in [0.25, 0.3) is 11.5 Å². The van der Waals surface area contributed by atoms with Crippen LogP contribution in [0, 0.1) is 13.8 Å². The summed E-state index contributed by atoms with van der Waals surface area (Å²) < 4.78 is 5.81. The van der Waals surface area contributed by atoms with Gasteiger partial charge in [0.15, 0.2) is 5.76 Å². The molecule has 5 rings (SSSR count). The lowest BCUT2D eigenvalue weighted by molar-refractivity contribution is 0.0975. The van der Waals surface area contributed by atoms with Gasteiger partial charge in [0, 0.05) is 16.9 Å². The summed E-state index contributed by atoms with van der Waals surface area (Å²) >= 11 is 0. The zero-order chi connectivity index (χ0) is 20.0. The number of nitrogens with one attached hydrogen (secondary N) is 2. The highest BCUT2D eigenvalue weighted by Gasteiger charge is 2.36. The number of aromatic amines is 1. The summed E-state index contributed by atoms with van der Waals surface area (Å²) in [6.07, 6.45) is 1.31. The molecule has 0 radical (unpaired) electrons. The minimum Gasteiger partial charge on any atom is -0.460 e. The third-order valence-corrected chi connectivity index (χ3v) is 5.19. The molecule has 1 amide bonds. The Morgan fingerprint density at radius 3 is 2.55 bits per heavy atom. The topological polar surface area (TPSA) is 74.2 Å². The number of rotatable bonds is 3. The molecule has 144 valence electrons. The maximum absolute atomic E-state index is 13.5. The Kier molecular flexibility index (Phi) is 3.98. The molecule has 0 aliphatic carbocycles. The van der Waals surface area contributed by atoms with Gasteiger partial charge in [0.2, 0.25) is 0 Å². The van der Waals surface area contributed by atoms with E-state index in [1.165, 1.54) is 0 Å². The van der Waals surface area contributed by atoms with Gasteiger partial charge in [0.05, 0.1) is 11.8 Å². The molecule has 1 aliphatic heterocycles. The first-order valence-corrected chi connectivity index (χ1v) is 9.48. The monoisotopic (exact) mass is 384 g/mol. The van der Waals surface area contributed by atoms with Crippen molar-refractivity contribution in [3.05, 3.63) is 89.3 Å². The molecule has 1 aliphatic rings. The Bertz CT molecular complexity index is 1190. The van der Waals surface area contributed by atoms with Gasteiger partial charge in [-0.1, -0.05) is 29.8 Å². The zero-order valence-electron chi connectivity index (χ0n) is 16.1. The normalized spacial score (nSPS) is 15.9. The van der Waals surface area contributed by atoms with Crippen molar-refractivity contribution in [2.45, 2.75) is 20.0 Å². The molecule has 0 fully saturated rings. The van der Waals surface area contributed by atoms with Crippen LogP contribution in [0.15, 0.2) is 71.3 Å². The van der Waals surface area contributed by atoms with Crippen molar-refractivity contribution < 1.29 is 9.21 Å². The molecule has 0 bridgehead atoms. The standard InChI is InChI=1S/C23H20N4O2/c1-14-7-10-16(11-8-14)27-22(25-19-6-4-3-5-17(19)23(27)28)18-13-24-26-21(18)20-12-9-15(2)29-20/h3-13,22,25H,1-2H3,(H,24,26)/t22-/m1/s1. The van der Waals surface area contributed by atoms with Crippen LogP contribution in [0.4, 0.5) is 11.4 Å². The van der Waals surface area contributed by atoms with Gasteiger partial charge in [0.1, 0.15) is 17.6 Å². The van der Waals surface area contributed by atoms with E-state index in [0.717, 1.165) is 34.0 Å². The van der Waals surface area contributed by atoms with Crippen molar-refractivity contribution in [1.82, 2.24) is 10.2 Å². The van der Waals surface area contributed by atoms with Gasteiger partial charge in [-0.25, -0.2) is 0 Å². The van der Waals surface area contributed by atoms with Gasteiger partial charge in [-0.3, -0.25) is 14.8 Å². The van der Waals surface area contributed by atoms with E-state index < -0.39 is 6.17 Å². The fraction of sp³-hybridized carbons (Fsp3) is 0.130. The Morgan fingerprint density at radius 1 is 1.00 bits per heavy atom. The van der Waals surface area contributed by atoms with Gasteiger partial charge in [-0.2, -0.15) is 5.10 Å². The molecule has 3 heterocycles. The average Bonchev–Trinajstić information content (AvgIpc) is 3.38. The number of furan rings is 1. The molecule has 0 saturated carbocycles. The first-order chi connectivity index (χ1) is 14.1. The summed E-state index contributed by atoms with van der Waals surface area (Å²) in [5.41, 5.74) is 4.98. The lowest BCUT2D eigenvalue weighted by Gasteiger charge is -2.37. The first-order valence-electron chi connectivity index (χ1n) is 9.48. The van der Waals surface area contributed by atoms with E-state index >= 15 is 0 Å². The smallest absolute Gasteiger partial charge is 0.262 e. The Labute approximate surface area is 168 Å². The third kappa shape index (κ3) is 2.89. The maximum atomic E-state index is 13.5. The number of hydrogen-bond acceptors (Lipinski definition) is 4. The van der Waals surface area contributed by atoms with Crippen LogP contribution >= 0.6 is 0 Å². The number of carbonyl (C=O) groups is 1. The highest BCUT2D eigenvalue weighted by molar-refractivity contribution is 6.12. The van der Waals surface area contributed by atoms with Gasteiger partial charge in [-0.05, 0) is 50.2 Å². The van der Waals surface area contributed by atoms with Crippen molar-refractivity contribution in [3.63, 3.8) is 0 Å². The van der Waals surface area contributed by atoms with Crippen molar-refractivity contribution in [1.29, 1.82) is 0 Å². The number of benzene rings is 2. The van der Waals surface area contributed by atoms with Crippen LogP contribution in [0.1, 0.15) is 33.4 Å². The van der Waals surface area contributed by atoms with E-state index in [0.29, 0.717) is 11.3 Å². The van der Waals surface area contributed by atoms with Crippen LogP contribution in [0.3, 0.4) is 0 Å². The minimum absolute atomic E-state index is 0.0593. The molecule has 6 nitrogen and oxygen atoms in total. The van der Waals surface area contributed by atoms with Gasteiger partial charge >= 0.3 is 0 Å². The second-order valence-electron chi connectivity index (χ2n) is 7.21. The average molecular weight is 384 g/mol.